The molecule has 0 saturated heterocycles. The summed E-state index contributed by atoms with van der Waals surface area (Å²) in [7, 11) is 3.16. The summed E-state index contributed by atoms with van der Waals surface area (Å²) in [5.74, 6) is 0.962. The minimum Gasteiger partial charge on any atom is -0.497 e. The third kappa shape index (κ3) is 4.86. The van der Waals surface area contributed by atoms with E-state index in [9.17, 15) is 14.4 Å². The quantitative estimate of drug-likeness (QED) is 0.149. The van der Waals surface area contributed by atoms with Gasteiger partial charge in [0, 0.05) is 41.0 Å². The molecule has 0 fully saturated rings. The van der Waals surface area contributed by atoms with E-state index in [0.29, 0.717) is 39.3 Å². The highest BCUT2D eigenvalue weighted by Crippen LogP contribution is 2.34. The monoisotopic (exact) mass is 486 g/mol. The topological polar surface area (TPSA) is 92.0 Å². The molecule has 0 spiro atoms. The van der Waals surface area contributed by atoms with Gasteiger partial charge >= 0.3 is 11.6 Å². The molecule has 7 nitrogen and oxygen atoms in total. The molecule has 0 saturated carbocycles. The number of benzene rings is 3. The molecule has 1 heterocycles. The highest BCUT2D eigenvalue weighted by atomic mass is 16.5. The molecule has 0 atom stereocenters. The number of methoxy groups -OCH3 is 2. The minimum absolute atomic E-state index is 0.133. The molecule has 0 amide bonds. The van der Waals surface area contributed by atoms with E-state index in [1.807, 2.05) is 24.3 Å². The van der Waals surface area contributed by atoms with Crippen LogP contribution in [0.3, 0.4) is 0 Å². The van der Waals surface area contributed by atoms with E-state index < -0.39 is 11.6 Å². The van der Waals surface area contributed by atoms with Crippen molar-refractivity contribution >= 4 is 22.7 Å². The van der Waals surface area contributed by atoms with Gasteiger partial charge in [0.05, 0.1) is 14.2 Å². The second-order valence-corrected chi connectivity index (χ2v) is 8.47. The number of ether oxygens (including phenoxy) is 3. The lowest BCUT2D eigenvalue weighted by molar-refractivity contribution is -0.131. The molecule has 1 aromatic heterocycles. The van der Waals surface area contributed by atoms with Gasteiger partial charge in [0.25, 0.3) is 0 Å². The molecule has 0 N–H and O–H groups in total. The summed E-state index contributed by atoms with van der Waals surface area (Å²) >= 11 is 0. The number of fused-ring (bicyclic) bond motifs is 1. The van der Waals surface area contributed by atoms with E-state index in [2.05, 4.69) is 0 Å². The van der Waals surface area contributed by atoms with Crippen LogP contribution in [0.1, 0.15) is 34.0 Å². The number of Topliss-reactive ketones (excluding diaryl/α,β-unsaturated/α-hetero) is 1. The van der Waals surface area contributed by atoms with Gasteiger partial charge in [-0.3, -0.25) is 9.59 Å². The lowest BCUT2D eigenvalue weighted by Crippen LogP contribution is -2.14. The summed E-state index contributed by atoms with van der Waals surface area (Å²) in [5.41, 5.74) is 3.22. The van der Waals surface area contributed by atoms with Crippen LogP contribution in [0.2, 0.25) is 0 Å². The van der Waals surface area contributed by atoms with Crippen LogP contribution in [-0.4, -0.2) is 26.0 Å². The molecule has 0 aliphatic carbocycles. The van der Waals surface area contributed by atoms with Gasteiger partial charge in [-0.05, 0) is 67.4 Å². The zero-order valence-corrected chi connectivity index (χ0v) is 20.8. The number of aryl methyl sites for hydroxylation is 2. The van der Waals surface area contributed by atoms with E-state index in [1.165, 1.54) is 6.92 Å². The van der Waals surface area contributed by atoms with Crippen LogP contribution in [-0.2, 0) is 11.2 Å². The van der Waals surface area contributed by atoms with Crippen LogP contribution >= 0.6 is 0 Å². The van der Waals surface area contributed by atoms with Crippen molar-refractivity contribution in [3.05, 3.63) is 87.3 Å². The summed E-state index contributed by atoms with van der Waals surface area (Å²) in [5, 5.41) is 0.648. The molecule has 0 bridgehead atoms. The first-order valence-corrected chi connectivity index (χ1v) is 11.3. The van der Waals surface area contributed by atoms with Crippen LogP contribution in [0.5, 0.6) is 17.2 Å². The molecule has 4 aromatic rings. The summed E-state index contributed by atoms with van der Waals surface area (Å²) in [6, 6.07) is 16.0. The lowest BCUT2D eigenvalue weighted by atomic mass is 9.97. The molecule has 36 heavy (non-hydrogen) atoms. The van der Waals surface area contributed by atoms with E-state index >= 15 is 0 Å². The molecular formula is C29H26O7. The van der Waals surface area contributed by atoms with Crippen molar-refractivity contribution in [2.75, 3.05) is 14.2 Å². The van der Waals surface area contributed by atoms with Crippen LogP contribution in [0.25, 0.3) is 22.1 Å². The fourth-order valence-corrected chi connectivity index (χ4v) is 4.22. The highest BCUT2D eigenvalue weighted by Gasteiger charge is 2.18. The number of rotatable bonds is 7. The number of ketones is 1. The molecule has 4 rings (SSSR count). The Bertz CT molecular complexity index is 1550. The van der Waals surface area contributed by atoms with Crippen molar-refractivity contribution in [3.63, 3.8) is 0 Å². The van der Waals surface area contributed by atoms with Gasteiger partial charge in [-0.2, -0.15) is 0 Å². The summed E-state index contributed by atoms with van der Waals surface area (Å²) in [4.78, 5) is 37.4. The van der Waals surface area contributed by atoms with Gasteiger partial charge in [0.15, 0.2) is 5.78 Å². The Morgan fingerprint density at radius 3 is 2.42 bits per heavy atom. The van der Waals surface area contributed by atoms with Gasteiger partial charge in [-0.25, -0.2) is 4.79 Å². The van der Waals surface area contributed by atoms with Crippen molar-refractivity contribution in [1.29, 1.82) is 0 Å². The van der Waals surface area contributed by atoms with E-state index in [1.54, 1.807) is 58.4 Å². The number of carbonyl (C=O) groups is 2. The van der Waals surface area contributed by atoms with Crippen LogP contribution in [0.15, 0.2) is 63.8 Å². The van der Waals surface area contributed by atoms with Crippen LogP contribution < -0.4 is 19.8 Å². The zero-order chi connectivity index (χ0) is 26.0. The minimum atomic E-state index is -0.613. The maximum Gasteiger partial charge on any atom is 0.339 e. The summed E-state index contributed by atoms with van der Waals surface area (Å²) < 4.78 is 21.7. The Hall–Kier alpha value is -4.39. The predicted octanol–water partition coefficient (Wildman–Crippen LogP) is 5.44. The summed E-state index contributed by atoms with van der Waals surface area (Å²) in [6.07, 6.45) is -0.133. The largest absolute Gasteiger partial charge is 0.497 e. The Morgan fingerprint density at radius 2 is 1.72 bits per heavy atom. The SMILES string of the molecule is COc1cccc(-c2cc(C(=O)Cc3cc4cc(C)c(OC(C)=O)c(C)c4oc3=O)ccc2OC)c1. The summed E-state index contributed by atoms with van der Waals surface area (Å²) in [6.45, 7) is 4.84. The van der Waals surface area contributed by atoms with Gasteiger partial charge < -0.3 is 18.6 Å². The van der Waals surface area contributed by atoms with Crippen molar-refractivity contribution in [1.82, 2.24) is 0 Å². The van der Waals surface area contributed by atoms with Crippen molar-refractivity contribution < 1.29 is 28.2 Å². The number of carbonyl (C=O) groups excluding carboxylic acids is 2. The number of hydrogen-bond acceptors (Lipinski definition) is 7. The van der Waals surface area contributed by atoms with E-state index in [0.717, 1.165) is 16.7 Å². The average Bonchev–Trinajstić information content (AvgIpc) is 2.87. The maximum atomic E-state index is 13.2. The van der Waals surface area contributed by atoms with Crippen molar-refractivity contribution in [3.8, 4) is 28.4 Å². The van der Waals surface area contributed by atoms with Crippen LogP contribution in [0.4, 0.5) is 0 Å². The molecule has 184 valence electrons. The molecule has 0 aliphatic rings. The fraction of sp³-hybridized carbons (Fsp3) is 0.207. The molecule has 0 aliphatic heterocycles. The third-order valence-corrected chi connectivity index (χ3v) is 5.96. The third-order valence-electron chi connectivity index (χ3n) is 5.96. The van der Waals surface area contributed by atoms with Gasteiger partial charge in [-0.15, -0.1) is 0 Å². The molecule has 0 unspecified atom stereocenters. The molecule has 3 aromatic carbocycles. The zero-order valence-electron chi connectivity index (χ0n) is 20.8. The average molecular weight is 487 g/mol. The Morgan fingerprint density at radius 1 is 0.944 bits per heavy atom. The number of hydrogen-bond donors (Lipinski definition) is 0. The van der Waals surface area contributed by atoms with E-state index in [-0.39, 0.29) is 17.8 Å². The standard InChI is InChI=1S/C29H26O7/c1-16-11-21-12-22(29(32)36-28(21)17(2)27(16)35-18(3)30)15-25(31)20-9-10-26(34-5)24(14-20)19-7-6-8-23(13-19)33-4/h6-14H,15H2,1-5H3. The normalized spacial score (nSPS) is 10.8. The fourth-order valence-electron chi connectivity index (χ4n) is 4.22. The first-order valence-electron chi connectivity index (χ1n) is 11.3. The van der Waals surface area contributed by atoms with Crippen molar-refractivity contribution in [2.45, 2.75) is 27.2 Å². The maximum absolute atomic E-state index is 13.2. The Balaban J connectivity index is 1.70. The number of esters is 1. The van der Waals surface area contributed by atoms with Gasteiger partial charge in [0.2, 0.25) is 0 Å². The van der Waals surface area contributed by atoms with Crippen LogP contribution in [0, 0.1) is 13.8 Å². The molecular weight excluding hydrogens is 460 g/mol. The molecule has 7 heteroatoms. The smallest absolute Gasteiger partial charge is 0.339 e. The lowest BCUT2D eigenvalue weighted by Gasteiger charge is -2.13. The molecule has 0 radical (unpaired) electrons. The van der Waals surface area contributed by atoms with Gasteiger partial charge in [-0.1, -0.05) is 12.1 Å². The predicted molar refractivity (Wildman–Crippen MR) is 136 cm³/mol. The second kappa shape index (κ2) is 10.1. The Kier molecular flexibility index (Phi) is 6.92. The highest BCUT2D eigenvalue weighted by molar-refractivity contribution is 5.99. The first-order chi connectivity index (χ1) is 17.2. The van der Waals surface area contributed by atoms with Gasteiger partial charge in [0.1, 0.15) is 22.8 Å². The second-order valence-electron chi connectivity index (χ2n) is 8.47. The van der Waals surface area contributed by atoms with E-state index in [4.69, 9.17) is 18.6 Å². The Labute approximate surface area is 208 Å². The first kappa shape index (κ1) is 24.7. The van der Waals surface area contributed by atoms with Crippen molar-refractivity contribution in [2.24, 2.45) is 0 Å².